The maximum Gasteiger partial charge on any atom is 0.0703 e. The number of aryl methyl sites for hydroxylation is 1. The second kappa shape index (κ2) is 4.72. The lowest BCUT2D eigenvalue weighted by atomic mass is 10.1. The molecule has 1 N–H and O–H groups in total. The van der Waals surface area contributed by atoms with Crippen LogP contribution in [0.5, 0.6) is 0 Å². The van der Waals surface area contributed by atoms with E-state index < -0.39 is 0 Å². The van der Waals surface area contributed by atoms with Gasteiger partial charge in [-0.2, -0.15) is 5.10 Å². The molecule has 0 aliphatic rings. The van der Waals surface area contributed by atoms with E-state index in [2.05, 4.69) is 18.9 Å². The summed E-state index contributed by atoms with van der Waals surface area (Å²) in [6.45, 7) is 6.29. The molecule has 0 unspecified atom stereocenters. The summed E-state index contributed by atoms with van der Waals surface area (Å²) in [6, 6.07) is 8.04. The van der Waals surface area contributed by atoms with Gasteiger partial charge in [0.15, 0.2) is 0 Å². The average molecular weight is 230 g/mol. The predicted molar refractivity (Wildman–Crippen MR) is 68.3 cm³/mol. The molecule has 3 heteroatoms. The third-order valence-electron chi connectivity index (χ3n) is 2.85. The topological polar surface area (TPSA) is 38.0 Å². The smallest absolute Gasteiger partial charge is 0.0703 e. The molecule has 1 heterocycles. The minimum Gasteiger partial charge on any atom is -0.392 e. The molecule has 0 spiro atoms. The number of hydrogen-bond acceptors (Lipinski definition) is 2. The second-order valence-electron chi connectivity index (χ2n) is 4.63. The van der Waals surface area contributed by atoms with Crippen LogP contribution in [-0.2, 0) is 6.61 Å². The van der Waals surface area contributed by atoms with Crippen molar-refractivity contribution in [2.24, 2.45) is 0 Å². The summed E-state index contributed by atoms with van der Waals surface area (Å²) in [5.74, 6) is 0.416. The van der Waals surface area contributed by atoms with Crippen LogP contribution in [0, 0.1) is 6.92 Å². The van der Waals surface area contributed by atoms with Crippen molar-refractivity contribution in [2.75, 3.05) is 0 Å². The first-order valence-electron chi connectivity index (χ1n) is 5.88. The Morgan fingerprint density at radius 3 is 2.65 bits per heavy atom. The highest BCUT2D eigenvalue weighted by atomic mass is 16.3. The van der Waals surface area contributed by atoms with E-state index in [9.17, 15) is 5.11 Å². The average Bonchev–Trinajstić information content (AvgIpc) is 2.78. The minimum atomic E-state index is 0.0356. The summed E-state index contributed by atoms with van der Waals surface area (Å²) in [4.78, 5) is 0. The molecule has 3 nitrogen and oxygen atoms in total. The van der Waals surface area contributed by atoms with Gasteiger partial charge in [-0.1, -0.05) is 31.5 Å². The SMILES string of the molecule is Cc1ccc(-n2ccc(C(C)C)n2)c(CO)c1. The second-order valence-corrected chi connectivity index (χ2v) is 4.63. The van der Waals surface area contributed by atoms with Crippen molar-refractivity contribution in [1.29, 1.82) is 0 Å². The Balaban J connectivity index is 2.44. The molecule has 0 radical (unpaired) electrons. The van der Waals surface area contributed by atoms with Crippen LogP contribution in [0.2, 0.25) is 0 Å². The van der Waals surface area contributed by atoms with Crippen molar-refractivity contribution < 1.29 is 5.11 Å². The molecule has 0 saturated carbocycles. The number of aliphatic hydroxyl groups is 1. The van der Waals surface area contributed by atoms with Gasteiger partial charge < -0.3 is 5.11 Å². The highest BCUT2D eigenvalue weighted by Crippen LogP contribution is 2.18. The first-order valence-corrected chi connectivity index (χ1v) is 5.88. The van der Waals surface area contributed by atoms with Gasteiger partial charge in [-0.3, -0.25) is 0 Å². The maximum atomic E-state index is 9.38. The monoisotopic (exact) mass is 230 g/mol. The molecule has 2 rings (SSSR count). The molecule has 0 saturated heterocycles. The van der Waals surface area contributed by atoms with Gasteiger partial charge in [-0.25, -0.2) is 4.68 Å². The van der Waals surface area contributed by atoms with E-state index in [4.69, 9.17) is 0 Å². The molecule has 2 aromatic rings. The fourth-order valence-electron chi connectivity index (χ4n) is 1.84. The number of benzene rings is 1. The molecule has 0 fully saturated rings. The van der Waals surface area contributed by atoms with Crippen LogP contribution >= 0.6 is 0 Å². The van der Waals surface area contributed by atoms with E-state index >= 15 is 0 Å². The molecule has 0 aliphatic heterocycles. The van der Waals surface area contributed by atoms with Gasteiger partial charge in [-0.15, -0.1) is 0 Å². The Kier molecular flexibility index (Phi) is 3.29. The third-order valence-corrected chi connectivity index (χ3v) is 2.85. The van der Waals surface area contributed by atoms with Crippen molar-refractivity contribution in [1.82, 2.24) is 9.78 Å². The molecule has 1 aromatic heterocycles. The Bertz CT molecular complexity index is 515. The summed E-state index contributed by atoms with van der Waals surface area (Å²) in [5.41, 5.74) is 4.07. The van der Waals surface area contributed by atoms with Crippen LogP contribution in [0.3, 0.4) is 0 Å². The van der Waals surface area contributed by atoms with E-state index in [-0.39, 0.29) is 6.61 Å². The molecular weight excluding hydrogens is 212 g/mol. The van der Waals surface area contributed by atoms with Crippen molar-refractivity contribution in [3.8, 4) is 5.69 Å². The largest absolute Gasteiger partial charge is 0.392 e. The zero-order chi connectivity index (χ0) is 12.4. The first-order chi connectivity index (χ1) is 8.11. The Morgan fingerprint density at radius 2 is 2.06 bits per heavy atom. The molecule has 0 bridgehead atoms. The highest BCUT2D eigenvalue weighted by molar-refractivity contribution is 5.42. The number of hydrogen-bond donors (Lipinski definition) is 1. The quantitative estimate of drug-likeness (QED) is 0.880. The number of aromatic nitrogens is 2. The summed E-state index contributed by atoms with van der Waals surface area (Å²) in [7, 11) is 0. The lowest BCUT2D eigenvalue weighted by Gasteiger charge is -2.08. The zero-order valence-corrected chi connectivity index (χ0v) is 10.5. The number of nitrogens with zero attached hydrogens (tertiary/aromatic N) is 2. The standard InChI is InChI=1S/C14H18N2O/c1-10(2)13-6-7-16(15-13)14-5-4-11(3)8-12(14)9-17/h4-8,10,17H,9H2,1-3H3. The van der Waals surface area contributed by atoms with Gasteiger partial charge >= 0.3 is 0 Å². The summed E-state index contributed by atoms with van der Waals surface area (Å²) >= 11 is 0. The fourth-order valence-corrected chi connectivity index (χ4v) is 1.84. The normalized spacial score (nSPS) is 11.1. The van der Waals surface area contributed by atoms with Crippen LogP contribution in [0.1, 0.15) is 36.6 Å². The molecule has 1 aromatic carbocycles. The Morgan fingerprint density at radius 1 is 1.29 bits per heavy atom. The molecule has 0 atom stereocenters. The minimum absolute atomic E-state index is 0.0356. The van der Waals surface area contributed by atoms with E-state index in [0.29, 0.717) is 5.92 Å². The van der Waals surface area contributed by atoms with Gasteiger partial charge in [0.25, 0.3) is 0 Å². The van der Waals surface area contributed by atoms with Crippen LogP contribution in [0.15, 0.2) is 30.5 Å². The fraction of sp³-hybridized carbons (Fsp3) is 0.357. The van der Waals surface area contributed by atoms with Gasteiger partial charge in [-0.05, 0) is 25.0 Å². The zero-order valence-electron chi connectivity index (χ0n) is 10.5. The number of rotatable bonds is 3. The van der Waals surface area contributed by atoms with Gasteiger partial charge in [0.1, 0.15) is 0 Å². The van der Waals surface area contributed by atoms with Crippen LogP contribution in [-0.4, -0.2) is 14.9 Å². The van der Waals surface area contributed by atoms with Gasteiger partial charge in [0.05, 0.1) is 18.0 Å². The summed E-state index contributed by atoms with van der Waals surface area (Å²) < 4.78 is 1.83. The van der Waals surface area contributed by atoms with Crippen molar-refractivity contribution in [3.05, 3.63) is 47.3 Å². The first kappa shape index (κ1) is 11.9. The molecular formula is C14H18N2O. The van der Waals surface area contributed by atoms with E-state index in [1.165, 1.54) is 0 Å². The van der Waals surface area contributed by atoms with Gasteiger partial charge in [0.2, 0.25) is 0 Å². The highest BCUT2D eigenvalue weighted by Gasteiger charge is 2.08. The van der Waals surface area contributed by atoms with Gasteiger partial charge in [0, 0.05) is 11.8 Å². The van der Waals surface area contributed by atoms with E-state index in [1.807, 2.05) is 42.1 Å². The number of aliphatic hydroxyl groups excluding tert-OH is 1. The van der Waals surface area contributed by atoms with Crippen LogP contribution in [0.4, 0.5) is 0 Å². The van der Waals surface area contributed by atoms with Crippen molar-refractivity contribution in [3.63, 3.8) is 0 Å². The van der Waals surface area contributed by atoms with Crippen molar-refractivity contribution in [2.45, 2.75) is 33.3 Å². The van der Waals surface area contributed by atoms with E-state index in [1.54, 1.807) is 0 Å². The Hall–Kier alpha value is -1.61. The molecule has 0 aliphatic carbocycles. The van der Waals surface area contributed by atoms with E-state index in [0.717, 1.165) is 22.5 Å². The summed E-state index contributed by atoms with van der Waals surface area (Å²) in [5, 5.41) is 13.9. The lowest BCUT2D eigenvalue weighted by molar-refractivity contribution is 0.281. The van der Waals surface area contributed by atoms with Crippen LogP contribution in [0.25, 0.3) is 5.69 Å². The summed E-state index contributed by atoms with van der Waals surface area (Å²) in [6.07, 6.45) is 1.94. The lowest BCUT2D eigenvalue weighted by Crippen LogP contribution is -2.02. The van der Waals surface area contributed by atoms with Crippen molar-refractivity contribution >= 4 is 0 Å². The molecule has 90 valence electrons. The Labute approximate surface area is 102 Å². The molecule has 17 heavy (non-hydrogen) atoms. The maximum absolute atomic E-state index is 9.38. The molecule has 0 amide bonds. The predicted octanol–water partition coefficient (Wildman–Crippen LogP) is 2.80. The van der Waals surface area contributed by atoms with Crippen LogP contribution < -0.4 is 0 Å². The third kappa shape index (κ3) is 2.39.